The molecule has 0 aromatic rings. The fourth-order valence-electron chi connectivity index (χ4n) is 0. The average molecular weight is 111 g/mol. The highest BCUT2D eigenvalue weighted by atomic mass is 32.4. The highest BCUT2D eigenvalue weighted by molar-refractivity contribution is 8.08. The van der Waals surface area contributed by atoms with E-state index >= 15 is 0 Å². The molecule has 0 amide bonds. The number of hydrogen-bond donors (Lipinski definition) is 2. The quantitative estimate of drug-likeness (QED) is 0.372. The first kappa shape index (κ1) is 5.53. The van der Waals surface area contributed by atoms with Crippen LogP contribution in [0.4, 0.5) is 0 Å². The molecule has 0 aromatic heterocycles. The molecule has 0 rings (SSSR count). The Labute approximate surface area is 35.2 Å². The summed E-state index contributed by atoms with van der Waals surface area (Å²) in [6, 6.07) is 0. The van der Waals surface area contributed by atoms with E-state index in [1.165, 1.54) is 0 Å². The summed E-state index contributed by atoms with van der Waals surface area (Å²) < 4.78 is 0. The monoisotopic (exact) mass is 111 g/mol. The van der Waals surface area contributed by atoms with Crippen molar-refractivity contribution in [2.45, 2.75) is 0 Å². The Bertz CT molecular complexity index is 55.8. The van der Waals surface area contributed by atoms with Crippen molar-refractivity contribution in [2.24, 2.45) is 11.0 Å². The second-order valence-corrected chi connectivity index (χ2v) is 3.65. The van der Waals surface area contributed by atoms with Gasteiger partial charge in [0.15, 0.2) is 0 Å². The van der Waals surface area contributed by atoms with Crippen LogP contribution in [0.1, 0.15) is 0 Å². The maximum Gasteiger partial charge on any atom is -0.0100 e. The second kappa shape index (κ2) is 1.32. The van der Waals surface area contributed by atoms with Gasteiger partial charge in [0.25, 0.3) is 0 Å². The van der Waals surface area contributed by atoms with Gasteiger partial charge in [-0.2, -0.15) is 0 Å². The topological polar surface area (TPSA) is 75.1 Å². The Morgan fingerprint density at radius 3 is 1.60 bits per heavy atom. The summed E-state index contributed by atoms with van der Waals surface area (Å²) in [6.45, 7) is -3.06. The molecule has 0 bridgehead atoms. The minimum Gasteiger partial charge on any atom is -0.799 e. The lowest BCUT2D eigenvalue weighted by molar-refractivity contribution is -0.161. The van der Waals surface area contributed by atoms with E-state index in [4.69, 9.17) is 0 Å². The van der Waals surface area contributed by atoms with Crippen molar-refractivity contribution < 1.29 is 4.89 Å². The molecular formula is H4N2OPS-. The predicted octanol–water partition coefficient (Wildman–Crippen LogP) is -1.51. The molecule has 0 spiro atoms. The van der Waals surface area contributed by atoms with Gasteiger partial charge >= 0.3 is 0 Å². The van der Waals surface area contributed by atoms with Crippen LogP contribution in [-0.2, 0) is 11.8 Å². The van der Waals surface area contributed by atoms with Gasteiger partial charge < -0.3 is 15.9 Å². The summed E-state index contributed by atoms with van der Waals surface area (Å²) >= 11 is 3.94. The number of nitrogens with two attached hydrogens (primary N) is 2. The lowest BCUT2D eigenvalue weighted by Gasteiger charge is -2.12. The van der Waals surface area contributed by atoms with Crippen molar-refractivity contribution in [1.29, 1.82) is 0 Å². The summed E-state index contributed by atoms with van der Waals surface area (Å²) in [5.41, 5.74) is 9.00. The van der Waals surface area contributed by atoms with E-state index in [2.05, 4.69) is 22.8 Å². The molecule has 0 unspecified atom stereocenters. The standard InChI is InChI=1S/H5N2OPS/c1-4(2,3)5/h(H5,1,2,3,5)/p-1. The summed E-state index contributed by atoms with van der Waals surface area (Å²) in [6.07, 6.45) is 0. The van der Waals surface area contributed by atoms with Crippen LogP contribution in [0.3, 0.4) is 0 Å². The summed E-state index contributed by atoms with van der Waals surface area (Å²) in [4.78, 5) is 9.59. The smallest absolute Gasteiger partial charge is 0.0100 e. The number of rotatable bonds is 0. The van der Waals surface area contributed by atoms with E-state index in [0.717, 1.165) is 0 Å². The molecule has 0 fully saturated rings. The Balaban J connectivity index is 3.47. The zero-order valence-electron chi connectivity index (χ0n) is 2.42. The molecule has 0 aliphatic rings. The van der Waals surface area contributed by atoms with Gasteiger partial charge in [-0.15, -0.1) is 0 Å². The van der Waals surface area contributed by atoms with Crippen LogP contribution in [0.25, 0.3) is 0 Å². The molecule has 0 heterocycles. The minimum atomic E-state index is -3.06. The highest BCUT2D eigenvalue weighted by Gasteiger charge is 1.68. The molecule has 0 aromatic carbocycles. The molecule has 5 heteroatoms. The molecule has 0 saturated carbocycles. The number of hydrogen-bond acceptors (Lipinski definition) is 2. The van der Waals surface area contributed by atoms with Gasteiger partial charge in [0.2, 0.25) is 0 Å². The van der Waals surface area contributed by atoms with Crippen LogP contribution in [0, 0.1) is 0 Å². The average Bonchev–Trinajstić information content (AvgIpc) is 0.722. The van der Waals surface area contributed by atoms with Gasteiger partial charge in [-0.05, 0) is 6.57 Å². The lowest BCUT2D eigenvalue weighted by atomic mass is 13.9. The largest absolute Gasteiger partial charge is 0.799 e. The van der Waals surface area contributed by atoms with Crippen LogP contribution < -0.4 is 15.9 Å². The maximum absolute atomic E-state index is 9.59. The summed E-state index contributed by atoms with van der Waals surface area (Å²) in [5.74, 6) is 0. The SMILES string of the molecule is NP(N)([O-])=S. The molecule has 0 saturated heterocycles. The molecule has 5 heavy (non-hydrogen) atoms. The van der Waals surface area contributed by atoms with Gasteiger partial charge in [-0.3, -0.25) is 0 Å². The third kappa shape index (κ3) is 103. The van der Waals surface area contributed by atoms with E-state index in [1.807, 2.05) is 0 Å². The van der Waals surface area contributed by atoms with Crippen LogP contribution >= 0.6 is 6.57 Å². The van der Waals surface area contributed by atoms with Crippen LogP contribution in [0.15, 0.2) is 0 Å². The first-order valence-corrected chi connectivity index (χ1v) is 3.74. The van der Waals surface area contributed by atoms with E-state index in [9.17, 15) is 4.89 Å². The van der Waals surface area contributed by atoms with Crippen molar-refractivity contribution in [3.8, 4) is 0 Å². The third-order valence-corrected chi connectivity index (χ3v) is 0. The van der Waals surface area contributed by atoms with E-state index in [1.54, 1.807) is 0 Å². The predicted molar refractivity (Wildman–Crippen MR) is 22.7 cm³/mol. The maximum atomic E-state index is 9.59. The molecule has 0 aliphatic carbocycles. The molecule has 3 nitrogen and oxygen atoms in total. The molecule has 32 valence electrons. The van der Waals surface area contributed by atoms with Crippen LogP contribution in [-0.4, -0.2) is 0 Å². The van der Waals surface area contributed by atoms with Gasteiger partial charge in [0.05, 0.1) is 0 Å². The third-order valence-electron chi connectivity index (χ3n) is 0. The fourth-order valence-corrected chi connectivity index (χ4v) is 0. The minimum absolute atomic E-state index is 3.06. The first-order chi connectivity index (χ1) is 2.00. The van der Waals surface area contributed by atoms with Gasteiger partial charge in [0, 0.05) is 0 Å². The van der Waals surface area contributed by atoms with Gasteiger partial charge in [-0.25, -0.2) is 0 Å². The zero-order chi connectivity index (χ0) is 4.50. The Morgan fingerprint density at radius 2 is 1.60 bits per heavy atom. The lowest BCUT2D eigenvalue weighted by Crippen LogP contribution is -2.16. The van der Waals surface area contributed by atoms with Crippen LogP contribution in [0.2, 0.25) is 0 Å². The molecule has 0 aliphatic heterocycles. The Morgan fingerprint density at radius 1 is 1.60 bits per heavy atom. The van der Waals surface area contributed by atoms with Crippen molar-refractivity contribution in [2.75, 3.05) is 0 Å². The molecule has 0 radical (unpaired) electrons. The molecule has 4 N–H and O–H groups in total. The second-order valence-electron chi connectivity index (χ2n) is 0.645. The molecule has 0 atom stereocenters. The summed E-state index contributed by atoms with van der Waals surface area (Å²) in [7, 11) is 0. The van der Waals surface area contributed by atoms with Gasteiger partial charge in [-0.1, -0.05) is 11.8 Å². The molecular weight excluding hydrogens is 107 g/mol. The Hall–Kier alpha value is 0.530. The van der Waals surface area contributed by atoms with Crippen molar-refractivity contribution in [1.82, 2.24) is 0 Å². The summed E-state index contributed by atoms with van der Waals surface area (Å²) in [5, 5.41) is 0. The van der Waals surface area contributed by atoms with Gasteiger partial charge in [0.1, 0.15) is 0 Å². The Kier molecular flexibility index (Phi) is 1.46. The highest BCUT2D eigenvalue weighted by Crippen LogP contribution is 2.06. The van der Waals surface area contributed by atoms with Crippen molar-refractivity contribution >= 4 is 18.4 Å². The van der Waals surface area contributed by atoms with Crippen LogP contribution in [0.5, 0.6) is 0 Å². The first-order valence-electron chi connectivity index (χ1n) is 0.882. The normalized spacial score (nSPS) is 11.8. The van der Waals surface area contributed by atoms with Crippen molar-refractivity contribution in [3.05, 3.63) is 0 Å². The zero-order valence-corrected chi connectivity index (χ0v) is 4.13. The van der Waals surface area contributed by atoms with E-state index in [0.29, 0.717) is 0 Å². The van der Waals surface area contributed by atoms with E-state index < -0.39 is 6.57 Å². The fraction of sp³-hybridized carbons (Fsp3) is 0. The van der Waals surface area contributed by atoms with Crippen molar-refractivity contribution in [3.63, 3.8) is 0 Å². The van der Waals surface area contributed by atoms with E-state index in [-0.39, 0.29) is 0 Å².